The number of benzene rings is 2. The van der Waals surface area contributed by atoms with Crippen LogP contribution in [-0.2, 0) is 9.59 Å². The molecular formula is C22H21BrN2O5S. The van der Waals surface area contributed by atoms with E-state index in [1.165, 1.54) is 6.92 Å². The first kappa shape index (κ1) is 22.8. The van der Waals surface area contributed by atoms with Crippen molar-refractivity contribution in [3.8, 4) is 11.5 Å². The molecule has 0 amide bonds. The highest BCUT2D eigenvalue weighted by Gasteiger charge is 2.32. The van der Waals surface area contributed by atoms with Gasteiger partial charge in [0.2, 0.25) is 0 Å². The highest BCUT2D eigenvalue weighted by atomic mass is 79.9. The average molecular weight is 505 g/mol. The van der Waals surface area contributed by atoms with Crippen LogP contribution in [0.4, 0.5) is 0 Å². The summed E-state index contributed by atoms with van der Waals surface area (Å²) in [4.78, 5) is 23.6. The van der Waals surface area contributed by atoms with Crippen molar-refractivity contribution in [3.63, 3.8) is 0 Å². The Hall–Kier alpha value is -2.91. The summed E-state index contributed by atoms with van der Waals surface area (Å²) >= 11 is 8.95. The molecule has 0 saturated heterocycles. The van der Waals surface area contributed by atoms with E-state index in [2.05, 4.69) is 26.6 Å². The molecule has 1 atom stereocenters. The molecule has 3 N–H and O–H groups in total. The fourth-order valence-electron chi connectivity index (χ4n) is 3.30. The van der Waals surface area contributed by atoms with E-state index in [4.69, 9.17) is 26.8 Å². The van der Waals surface area contributed by atoms with Crippen molar-refractivity contribution in [1.82, 2.24) is 10.6 Å². The van der Waals surface area contributed by atoms with E-state index < -0.39 is 18.6 Å². The van der Waals surface area contributed by atoms with Gasteiger partial charge in [-0.05, 0) is 49.3 Å². The summed E-state index contributed by atoms with van der Waals surface area (Å²) in [5.41, 5.74) is 2.69. The number of halogens is 1. The van der Waals surface area contributed by atoms with E-state index in [1.807, 2.05) is 37.3 Å². The van der Waals surface area contributed by atoms with Crippen molar-refractivity contribution in [1.29, 1.82) is 0 Å². The Balaban J connectivity index is 2.14. The number of Topliss-reactive ketones (excluding diaryl/α,β-unsaturated/α-hetero) is 1. The molecule has 0 unspecified atom stereocenters. The fourth-order valence-corrected chi connectivity index (χ4v) is 4.07. The fraction of sp³-hybridized carbons (Fsp3) is 0.227. The maximum Gasteiger partial charge on any atom is 0.341 e. The van der Waals surface area contributed by atoms with Gasteiger partial charge in [-0.3, -0.25) is 4.79 Å². The number of carboxylic acids is 1. The van der Waals surface area contributed by atoms with Crippen molar-refractivity contribution < 1.29 is 24.2 Å². The van der Waals surface area contributed by atoms with Crippen LogP contribution in [0.5, 0.6) is 11.5 Å². The van der Waals surface area contributed by atoms with Gasteiger partial charge in [0, 0.05) is 10.0 Å². The minimum atomic E-state index is -1.10. The predicted molar refractivity (Wildman–Crippen MR) is 124 cm³/mol. The molecule has 7 nitrogen and oxygen atoms in total. The quantitative estimate of drug-likeness (QED) is 0.466. The van der Waals surface area contributed by atoms with Gasteiger partial charge in [-0.25, -0.2) is 4.79 Å². The number of aliphatic carboxylic acids is 1. The van der Waals surface area contributed by atoms with Gasteiger partial charge in [-0.15, -0.1) is 0 Å². The van der Waals surface area contributed by atoms with Crippen LogP contribution >= 0.6 is 28.1 Å². The number of ether oxygens (including phenoxy) is 2. The van der Waals surface area contributed by atoms with Crippen molar-refractivity contribution in [2.75, 3.05) is 13.2 Å². The summed E-state index contributed by atoms with van der Waals surface area (Å²) < 4.78 is 11.7. The summed E-state index contributed by atoms with van der Waals surface area (Å²) in [7, 11) is 0. The Morgan fingerprint density at radius 1 is 1.16 bits per heavy atom. The van der Waals surface area contributed by atoms with E-state index in [0.29, 0.717) is 38.8 Å². The lowest BCUT2D eigenvalue weighted by atomic mass is 9.90. The predicted octanol–water partition coefficient (Wildman–Crippen LogP) is 3.83. The topological polar surface area (TPSA) is 96.9 Å². The molecule has 31 heavy (non-hydrogen) atoms. The molecule has 0 spiro atoms. The third-order valence-corrected chi connectivity index (χ3v) is 5.45. The molecule has 3 rings (SSSR count). The van der Waals surface area contributed by atoms with Gasteiger partial charge in [0.1, 0.15) is 0 Å². The lowest BCUT2D eigenvalue weighted by Crippen LogP contribution is -2.44. The molecule has 0 saturated carbocycles. The zero-order chi connectivity index (χ0) is 22.5. The van der Waals surface area contributed by atoms with Crippen LogP contribution < -0.4 is 20.1 Å². The van der Waals surface area contributed by atoms with Crippen LogP contribution in [0, 0.1) is 0 Å². The second-order valence-electron chi connectivity index (χ2n) is 6.68. The highest BCUT2D eigenvalue weighted by molar-refractivity contribution is 9.10. The molecule has 0 bridgehead atoms. The van der Waals surface area contributed by atoms with Crippen molar-refractivity contribution in [2.24, 2.45) is 0 Å². The van der Waals surface area contributed by atoms with Gasteiger partial charge in [0.15, 0.2) is 29.0 Å². The molecule has 1 aliphatic rings. The zero-order valence-electron chi connectivity index (χ0n) is 16.9. The number of carbonyl (C=O) groups is 2. The van der Waals surface area contributed by atoms with Crippen LogP contribution in [-0.4, -0.2) is 35.2 Å². The minimum Gasteiger partial charge on any atom is -0.490 e. The number of ketones is 1. The summed E-state index contributed by atoms with van der Waals surface area (Å²) in [6, 6.07) is 12.3. The molecule has 0 fully saturated rings. The van der Waals surface area contributed by atoms with Gasteiger partial charge >= 0.3 is 5.97 Å². The first-order valence-corrected chi connectivity index (χ1v) is 10.7. The van der Waals surface area contributed by atoms with Crippen LogP contribution in [0.15, 0.2) is 52.5 Å². The first-order valence-electron chi connectivity index (χ1n) is 9.50. The van der Waals surface area contributed by atoms with Crippen LogP contribution in [0.1, 0.15) is 31.0 Å². The summed E-state index contributed by atoms with van der Waals surface area (Å²) in [6.07, 6.45) is 0. The Morgan fingerprint density at radius 3 is 2.45 bits per heavy atom. The molecule has 2 aromatic rings. The lowest BCUT2D eigenvalue weighted by molar-refractivity contribution is -0.139. The maximum absolute atomic E-state index is 12.7. The first-order chi connectivity index (χ1) is 14.8. The maximum atomic E-state index is 12.7. The number of rotatable bonds is 8. The summed E-state index contributed by atoms with van der Waals surface area (Å²) in [5.74, 6) is -0.560. The van der Waals surface area contributed by atoms with Gasteiger partial charge < -0.3 is 25.2 Å². The number of thiocarbonyl (C=S) groups is 1. The Bertz CT molecular complexity index is 1060. The number of hydrogen-bond donors (Lipinski definition) is 3. The summed E-state index contributed by atoms with van der Waals surface area (Å²) in [5, 5.41) is 15.6. The van der Waals surface area contributed by atoms with E-state index in [9.17, 15) is 9.59 Å². The molecule has 2 aromatic carbocycles. The second kappa shape index (κ2) is 9.93. The van der Waals surface area contributed by atoms with Gasteiger partial charge in [-0.1, -0.05) is 46.3 Å². The molecule has 0 radical (unpaired) electrons. The Labute approximate surface area is 193 Å². The van der Waals surface area contributed by atoms with E-state index in [1.54, 1.807) is 12.1 Å². The summed E-state index contributed by atoms with van der Waals surface area (Å²) in [6.45, 7) is 3.17. The molecule has 0 aliphatic carbocycles. The van der Waals surface area contributed by atoms with E-state index >= 15 is 0 Å². The van der Waals surface area contributed by atoms with Crippen molar-refractivity contribution in [3.05, 3.63) is 63.6 Å². The molecule has 162 valence electrons. The SMILES string of the molecule is CCOc1cc([C@@H]2NC(=S)NC(c3ccccc3)=C2C(C)=O)c(Br)cc1OCC(=O)O. The lowest BCUT2D eigenvalue weighted by Gasteiger charge is -2.32. The van der Waals surface area contributed by atoms with Gasteiger partial charge in [0.05, 0.1) is 18.3 Å². The molecule has 1 heterocycles. The third-order valence-electron chi connectivity index (χ3n) is 4.54. The Morgan fingerprint density at radius 2 is 1.84 bits per heavy atom. The van der Waals surface area contributed by atoms with E-state index in [0.717, 1.165) is 5.56 Å². The number of hydrogen-bond acceptors (Lipinski definition) is 5. The monoisotopic (exact) mass is 504 g/mol. The van der Waals surface area contributed by atoms with Crippen molar-refractivity contribution >= 4 is 50.7 Å². The molecule has 9 heteroatoms. The Kier molecular flexibility index (Phi) is 7.29. The molecule has 1 aliphatic heterocycles. The number of nitrogens with one attached hydrogen (secondary N) is 2. The van der Waals surface area contributed by atoms with Crippen LogP contribution in [0.3, 0.4) is 0 Å². The normalized spacial score (nSPS) is 15.7. The number of carboxylic acid groups (broad SMARTS) is 1. The standard InChI is InChI=1S/C22H21BrN2O5S/c1-3-29-16-9-14(15(23)10-17(16)30-11-18(27)28)21-19(12(2)26)20(24-22(31)25-21)13-7-5-4-6-8-13/h4-10,21H,3,11H2,1-2H3,(H,27,28)(H2,24,25,31)/t21-/m0/s1. The van der Waals surface area contributed by atoms with Crippen LogP contribution in [0.25, 0.3) is 5.70 Å². The smallest absolute Gasteiger partial charge is 0.341 e. The minimum absolute atomic E-state index is 0.123. The van der Waals surface area contributed by atoms with Crippen molar-refractivity contribution in [2.45, 2.75) is 19.9 Å². The molecular weight excluding hydrogens is 484 g/mol. The average Bonchev–Trinajstić information content (AvgIpc) is 2.73. The third kappa shape index (κ3) is 5.23. The highest BCUT2D eigenvalue weighted by Crippen LogP contribution is 2.41. The van der Waals surface area contributed by atoms with Crippen LogP contribution in [0.2, 0.25) is 0 Å². The largest absolute Gasteiger partial charge is 0.490 e. The molecule has 0 aromatic heterocycles. The number of carbonyl (C=O) groups excluding carboxylic acids is 1. The zero-order valence-corrected chi connectivity index (χ0v) is 19.3. The second-order valence-corrected chi connectivity index (χ2v) is 7.94. The van der Waals surface area contributed by atoms with Gasteiger partial charge in [0.25, 0.3) is 0 Å². The van der Waals surface area contributed by atoms with E-state index in [-0.39, 0.29) is 11.5 Å². The van der Waals surface area contributed by atoms with Gasteiger partial charge in [-0.2, -0.15) is 0 Å².